The van der Waals surface area contributed by atoms with Crippen molar-refractivity contribution >= 4 is 17.5 Å². The third-order valence-electron chi connectivity index (χ3n) is 4.98. The number of amides is 2. The zero-order valence-electron chi connectivity index (χ0n) is 15.2. The van der Waals surface area contributed by atoms with Gasteiger partial charge in [-0.2, -0.15) is 5.10 Å². The minimum atomic E-state index is -0.522. The van der Waals surface area contributed by atoms with Gasteiger partial charge in [-0.25, -0.2) is 0 Å². The topological polar surface area (TPSA) is 67.2 Å². The summed E-state index contributed by atoms with van der Waals surface area (Å²) in [6.45, 7) is 0. The summed E-state index contributed by atoms with van der Waals surface area (Å²) >= 11 is 0. The van der Waals surface area contributed by atoms with Gasteiger partial charge in [0.15, 0.2) is 0 Å². The molecule has 0 radical (unpaired) electrons. The highest BCUT2D eigenvalue weighted by Crippen LogP contribution is 2.42. The highest BCUT2D eigenvalue weighted by Gasteiger charge is 2.42. The van der Waals surface area contributed by atoms with E-state index in [4.69, 9.17) is 0 Å². The first kappa shape index (κ1) is 17.0. The van der Waals surface area contributed by atoms with E-state index in [0.717, 1.165) is 11.1 Å². The molecule has 2 atom stereocenters. The number of aryl methyl sites for hydroxylation is 1. The molecular formula is C21H20N4O2. The molecule has 1 aromatic heterocycles. The van der Waals surface area contributed by atoms with Crippen LogP contribution >= 0.6 is 0 Å². The van der Waals surface area contributed by atoms with E-state index < -0.39 is 5.92 Å². The standard InChI is InChI=1S/C21H20N4O2/c1-24-13-15(12-22-24)23-20(26)18-16-10-6-7-11-17(16)21(27)25(2)19(18)14-8-4-3-5-9-14/h3-13,18-19H,1-2H3,(H,23,26)/t18-,19+/m1/s1. The summed E-state index contributed by atoms with van der Waals surface area (Å²) in [5, 5.41) is 7.05. The van der Waals surface area contributed by atoms with Gasteiger partial charge in [-0.3, -0.25) is 14.3 Å². The summed E-state index contributed by atoms with van der Waals surface area (Å²) < 4.78 is 1.63. The van der Waals surface area contributed by atoms with Gasteiger partial charge in [-0.1, -0.05) is 48.5 Å². The fourth-order valence-corrected chi connectivity index (χ4v) is 3.73. The molecule has 6 nitrogen and oxygen atoms in total. The first-order chi connectivity index (χ1) is 13.1. The lowest BCUT2D eigenvalue weighted by molar-refractivity contribution is -0.119. The molecule has 0 saturated heterocycles. The Labute approximate surface area is 157 Å². The van der Waals surface area contributed by atoms with Crippen LogP contribution < -0.4 is 5.32 Å². The van der Waals surface area contributed by atoms with Crippen LogP contribution in [0.5, 0.6) is 0 Å². The molecule has 2 amide bonds. The van der Waals surface area contributed by atoms with Gasteiger partial charge in [-0.05, 0) is 17.2 Å². The number of carbonyl (C=O) groups excluding carboxylic acids is 2. The Morgan fingerprint density at radius 3 is 2.44 bits per heavy atom. The summed E-state index contributed by atoms with van der Waals surface area (Å²) in [4.78, 5) is 27.9. The van der Waals surface area contributed by atoms with Gasteiger partial charge >= 0.3 is 0 Å². The molecule has 0 saturated carbocycles. The Morgan fingerprint density at radius 1 is 1.04 bits per heavy atom. The zero-order chi connectivity index (χ0) is 19.0. The van der Waals surface area contributed by atoms with Crippen LogP contribution in [-0.2, 0) is 11.8 Å². The monoisotopic (exact) mass is 360 g/mol. The molecule has 2 aromatic carbocycles. The predicted octanol–water partition coefficient (Wildman–Crippen LogP) is 2.97. The lowest BCUT2D eigenvalue weighted by Gasteiger charge is -2.39. The predicted molar refractivity (Wildman–Crippen MR) is 102 cm³/mol. The number of rotatable bonds is 3. The van der Waals surface area contributed by atoms with Gasteiger partial charge in [0.1, 0.15) is 0 Å². The van der Waals surface area contributed by atoms with Gasteiger partial charge < -0.3 is 10.2 Å². The molecule has 1 aliphatic heterocycles. The van der Waals surface area contributed by atoms with Crippen molar-refractivity contribution in [3.05, 3.63) is 83.7 Å². The van der Waals surface area contributed by atoms with Crippen LogP contribution in [0, 0.1) is 0 Å². The van der Waals surface area contributed by atoms with Gasteiger partial charge in [0.25, 0.3) is 5.91 Å². The number of carbonyl (C=O) groups is 2. The zero-order valence-corrected chi connectivity index (χ0v) is 15.2. The van der Waals surface area contributed by atoms with Crippen molar-refractivity contribution in [2.75, 3.05) is 12.4 Å². The second-order valence-electron chi connectivity index (χ2n) is 6.73. The van der Waals surface area contributed by atoms with Crippen molar-refractivity contribution in [1.82, 2.24) is 14.7 Å². The fourth-order valence-electron chi connectivity index (χ4n) is 3.73. The molecule has 3 aromatic rings. The lowest BCUT2D eigenvalue weighted by atomic mass is 9.79. The van der Waals surface area contributed by atoms with E-state index in [1.165, 1.54) is 0 Å². The van der Waals surface area contributed by atoms with Crippen LogP contribution in [0.2, 0.25) is 0 Å². The SMILES string of the molecule is CN1C(=O)c2ccccc2[C@@H](C(=O)Nc2cnn(C)c2)[C@@H]1c1ccccc1. The first-order valence-corrected chi connectivity index (χ1v) is 8.77. The van der Waals surface area contributed by atoms with Crippen molar-refractivity contribution in [3.8, 4) is 0 Å². The van der Waals surface area contributed by atoms with Crippen LogP contribution in [0.4, 0.5) is 5.69 Å². The second-order valence-corrected chi connectivity index (χ2v) is 6.73. The summed E-state index contributed by atoms with van der Waals surface area (Å²) in [6.07, 6.45) is 3.36. The maximum Gasteiger partial charge on any atom is 0.254 e. The molecule has 27 heavy (non-hydrogen) atoms. The molecule has 6 heteroatoms. The molecule has 136 valence electrons. The van der Waals surface area contributed by atoms with Crippen LogP contribution in [0.3, 0.4) is 0 Å². The molecule has 0 spiro atoms. The van der Waals surface area contributed by atoms with E-state index >= 15 is 0 Å². The highest BCUT2D eigenvalue weighted by atomic mass is 16.2. The highest BCUT2D eigenvalue weighted by molar-refractivity contribution is 6.04. The maximum atomic E-state index is 13.3. The molecular weight excluding hydrogens is 340 g/mol. The number of hydrogen-bond acceptors (Lipinski definition) is 3. The van der Waals surface area contributed by atoms with Crippen LogP contribution in [-0.4, -0.2) is 33.5 Å². The largest absolute Gasteiger partial charge is 0.334 e. The molecule has 0 bridgehead atoms. The van der Waals surface area contributed by atoms with Crippen molar-refractivity contribution < 1.29 is 9.59 Å². The van der Waals surface area contributed by atoms with Crippen LogP contribution in [0.25, 0.3) is 0 Å². The lowest BCUT2D eigenvalue weighted by Crippen LogP contribution is -2.44. The Bertz CT molecular complexity index is 996. The minimum absolute atomic E-state index is 0.0788. The van der Waals surface area contributed by atoms with E-state index in [-0.39, 0.29) is 17.9 Å². The Balaban J connectivity index is 1.81. The van der Waals surface area contributed by atoms with Crippen molar-refractivity contribution in [1.29, 1.82) is 0 Å². The average molecular weight is 360 g/mol. The number of hydrogen-bond donors (Lipinski definition) is 1. The molecule has 2 heterocycles. The number of anilines is 1. The summed E-state index contributed by atoms with van der Waals surface area (Å²) in [5.41, 5.74) is 2.87. The maximum absolute atomic E-state index is 13.3. The Hall–Kier alpha value is -3.41. The molecule has 0 fully saturated rings. The van der Waals surface area contributed by atoms with Crippen molar-refractivity contribution in [2.24, 2.45) is 7.05 Å². The number of benzene rings is 2. The summed E-state index contributed by atoms with van der Waals surface area (Å²) in [6, 6.07) is 16.6. The van der Waals surface area contributed by atoms with Crippen molar-refractivity contribution in [3.63, 3.8) is 0 Å². The van der Waals surface area contributed by atoms with E-state index in [1.54, 1.807) is 42.1 Å². The van der Waals surface area contributed by atoms with E-state index in [2.05, 4.69) is 10.4 Å². The minimum Gasteiger partial charge on any atom is -0.334 e. The number of fused-ring (bicyclic) bond motifs is 1. The molecule has 4 rings (SSSR count). The summed E-state index contributed by atoms with van der Waals surface area (Å²) in [7, 11) is 3.55. The third kappa shape index (κ3) is 2.99. The molecule has 1 aliphatic rings. The number of likely N-dealkylation sites (N-methyl/N-ethyl adjacent to an activating group) is 1. The van der Waals surface area contributed by atoms with Crippen LogP contribution in [0.15, 0.2) is 67.0 Å². The molecule has 1 N–H and O–H groups in total. The van der Waals surface area contributed by atoms with E-state index in [0.29, 0.717) is 11.3 Å². The van der Waals surface area contributed by atoms with Gasteiger partial charge in [0, 0.05) is 25.9 Å². The Kier molecular flexibility index (Phi) is 4.24. The quantitative estimate of drug-likeness (QED) is 0.781. The van der Waals surface area contributed by atoms with E-state index in [1.807, 2.05) is 48.5 Å². The number of nitrogens with one attached hydrogen (secondary N) is 1. The molecule has 0 unspecified atom stereocenters. The Morgan fingerprint density at radius 2 is 1.74 bits per heavy atom. The summed E-state index contributed by atoms with van der Waals surface area (Å²) in [5.74, 6) is -0.764. The fraction of sp³-hybridized carbons (Fsp3) is 0.190. The van der Waals surface area contributed by atoms with Gasteiger partial charge in [-0.15, -0.1) is 0 Å². The average Bonchev–Trinajstić information content (AvgIpc) is 3.09. The normalized spacial score (nSPS) is 18.9. The van der Waals surface area contributed by atoms with Gasteiger partial charge in [0.2, 0.25) is 5.91 Å². The van der Waals surface area contributed by atoms with Crippen molar-refractivity contribution in [2.45, 2.75) is 12.0 Å². The number of aromatic nitrogens is 2. The third-order valence-corrected chi connectivity index (χ3v) is 4.98. The second kappa shape index (κ2) is 6.72. The van der Waals surface area contributed by atoms with Crippen LogP contribution in [0.1, 0.15) is 33.4 Å². The molecule has 0 aliphatic carbocycles. The first-order valence-electron chi connectivity index (χ1n) is 8.77. The number of nitrogens with zero attached hydrogens (tertiary/aromatic N) is 3. The smallest absolute Gasteiger partial charge is 0.254 e. The van der Waals surface area contributed by atoms with Gasteiger partial charge in [0.05, 0.1) is 23.8 Å². The van der Waals surface area contributed by atoms with E-state index in [9.17, 15) is 9.59 Å².